The molecule has 0 spiro atoms. The number of hydrogen-bond donors (Lipinski definition) is 0. The zero-order valence-corrected chi connectivity index (χ0v) is 9.47. The molecular formula is C11H14N4O. The first-order valence-corrected chi connectivity index (χ1v) is 5.22. The summed E-state index contributed by atoms with van der Waals surface area (Å²) in [5.74, 6) is -0.0705. The standard InChI is InChI=1S/C11H14N4O/c1-14(6-9-5-13-15(2)7-9)10(16)11(8-12)3-4-11/h5,7H,3-4,6H2,1-2H3. The van der Waals surface area contributed by atoms with Gasteiger partial charge in [-0.25, -0.2) is 0 Å². The Balaban J connectivity index is 2.01. The molecule has 0 bridgehead atoms. The van der Waals surface area contributed by atoms with Gasteiger partial charge in [0.2, 0.25) is 5.91 Å². The van der Waals surface area contributed by atoms with Gasteiger partial charge in [-0.3, -0.25) is 9.48 Å². The van der Waals surface area contributed by atoms with E-state index in [-0.39, 0.29) is 5.91 Å². The van der Waals surface area contributed by atoms with Gasteiger partial charge < -0.3 is 4.90 Å². The maximum absolute atomic E-state index is 11.9. The van der Waals surface area contributed by atoms with Crippen LogP contribution in [0.15, 0.2) is 12.4 Å². The summed E-state index contributed by atoms with van der Waals surface area (Å²) >= 11 is 0. The minimum absolute atomic E-state index is 0.0705. The van der Waals surface area contributed by atoms with Crippen LogP contribution >= 0.6 is 0 Å². The SMILES string of the molecule is CN(Cc1cnn(C)c1)C(=O)C1(C#N)CC1. The number of aromatic nitrogens is 2. The zero-order chi connectivity index (χ0) is 11.8. The van der Waals surface area contributed by atoms with Gasteiger partial charge >= 0.3 is 0 Å². The molecule has 1 aliphatic rings. The normalized spacial score (nSPS) is 16.6. The Hall–Kier alpha value is -1.83. The molecule has 5 heteroatoms. The summed E-state index contributed by atoms with van der Waals surface area (Å²) in [6, 6.07) is 2.11. The van der Waals surface area contributed by atoms with Gasteiger partial charge in [0.15, 0.2) is 0 Å². The smallest absolute Gasteiger partial charge is 0.243 e. The van der Waals surface area contributed by atoms with Gasteiger partial charge in [-0.1, -0.05) is 0 Å². The van der Waals surface area contributed by atoms with Crippen molar-refractivity contribution >= 4 is 5.91 Å². The van der Waals surface area contributed by atoms with E-state index in [1.54, 1.807) is 22.8 Å². The maximum atomic E-state index is 11.9. The molecule has 1 aromatic rings. The second kappa shape index (κ2) is 3.63. The van der Waals surface area contributed by atoms with E-state index in [1.807, 2.05) is 13.2 Å². The van der Waals surface area contributed by atoms with E-state index in [4.69, 9.17) is 5.26 Å². The highest BCUT2D eigenvalue weighted by atomic mass is 16.2. The van der Waals surface area contributed by atoms with Gasteiger partial charge in [-0.05, 0) is 12.8 Å². The van der Waals surface area contributed by atoms with E-state index < -0.39 is 5.41 Å². The van der Waals surface area contributed by atoms with Gasteiger partial charge in [0.05, 0.1) is 12.3 Å². The summed E-state index contributed by atoms with van der Waals surface area (Å²) in [7, 11) is 3.57. The lowest BCUT2D eigenvalue weighted by Crippen LogP contribution is -2.32. The molecule has 84 valence electrons. The highest BCUT2D eigenvalue weighted by Gasteiger charge is 2.51. The molecule has 0 radical (unpaired) electrons. The number of nitrogens with zero attached hydrogens (tertiary/aromatic N) is 4. The molecule has 1 fully saturated rings. The molecule has 1 aromatic heterocycles. The monoisotopic (exact) mass is 218 g/mol. The molecule has 0 atom stereocenters. The third kappa shape index (κ3) is 1.78. The number of rotatable bonds is 3. The summed E-state index contributed by atoms with van der Waals surface area (Å²) in [5.41, 5.74) is 0.254. The number of amides is 1. The second-order valence-corrected chi connectivity index (χ2v) is 4.38. The predicted octanol–water partition coefficient (Wildman–Crippen LogP) is 0.682. The van der Waals surface area contributed by atoms with E-state index in [9.17, 15) is 4.79 Å². The molecule has 1 amide bonds. The summed E-state index contributed by atoms with van der Waals surface area (Å²) in [4.78, 5) is 13.6. The topological polar surface area (TPSA) is 61.9 Å². The quantitative estimate of drug-likeness (QED) is 0.749. The average molecular weight is 218 g/mol. The van der Waals surface area contributed by atoms with Gasteiger partial charge in [0, 0.05) is 32.4 Å². The summed E-state index contributed by atoms with van der Waals surface area (Å²) in [6.45, 7) is 0.510. The van der Waals surface area contributed by atoms with Crippen molar-refractivity contribution in [2.45, 2.75) is 19.4 Å². The molecule has 2 rings (SSSR count). The van der Waals surface area contributed by atoms with Crippen molar-refractivity contribution in [3.05, 3.63) is 18.0 Å². The molecule has 0 aliphatic heterocycles. The van der Waals surface area contributed by atoms with Crippen molar-refractivity contribution < 1.29 is 4.79 Å². The molecule has 1 saturated carbocycles. The summed E-state index contributed by atoms with van der Waals surface area (Å²) < 4.78 is 1.70. The number of nitriles is 1. The van der Waals surface area contributed by atoms with E-state index >= 15 is 0 Å². The number of carbonyl (C=O) groups excluding carboxylic acids is 1. The first-order valence-electron chi connectivity index (χ1n) is 5.22. The fraction of sp³-hybridized carbons (Fsp3) is 0.545. The van der Waals surface area contributed by atoms with Crippen molar-refractivity contribution in [1.29, 1.82) is 5.26 Å². The molecule has 0 aromatic carbocycles. The van der Waals surface area contributed by atoms with E-state index in [0.717, 1.165) is 5.56 Å². The average Bonchev–Trinajstić information content (AvgIpc) is 2.97. The largest absolute Gasteiger partial charge is 0.340 e. The van der Waals surface area contributed by atoms with Crippen LogP contribution in [-0.4, -0.2) is 27.6 Å². The molecular weight excluding hydrogens is 204 g/mol. The maximum Gasteiger partial charge on any atom is 0.243 e. The Kier molecular flexibility index (Phi) is 2.43. The highest BCUT2D eigenvalue weighted by molar-refractivity contribution is 5.88. The van der Waals surface area contributed by atoms with Gasteiger partial charge in [-0.15, -0.1) is 0 Å². The highest BCUT2D eigenvalue weighted by Crippen LogP contribution is 2.46. The molecule has 0 unspecified atom stereocenters. The van der Waals surface area contributed by atoms with Crippen LogP contribution in [0, 0.1) is 16.7 Å². The van der Waals surface area contributed by atoms with E-state index in [2.05, 4.69) is 11.2 Å². The Morgan fingerprint density at radius 1 is 1.75 bits per heavy atom. The van der Waals surface area contributed by atoms with Crippen molar-refractivity contribution in [2.24, 2.45) is 12.5 Å². The van der Waals surface area contributed by atoms with Crippen molar-refractivity contribution in [2.75, 3.05) is 7.05 Å². The predicted molar refractivity (Wildman–Crippen MR) is 57.0 cm³/mol. The summed E-state index contributed by atoms with van der Waals surface area (Å²) in [6.07, 6.45) is 4.99. The van der Waals surface area contributed by atoms with Crippen LogP contribution < -0.4 is 0 Å². The van der Waals surface area contributed by atoms with Crippen LogP contribution in [0.2, 0.25) is 0 Å². The minimum atomic E-state index is -0.725. The lowest BCUT2D eigenvalue weighted by molar-refractivity contribution is -0.134. The first-order chi connectivity index (χ1) is 7.57. The van der Waals surface area contributed by atoms with Crippen molar-refractivity contribution in [3.63, 3.8) is 0 Å². The lowest BCUT2D eigenvalue weighted by atomic mass is 10.1. The zero-order valence-electron chi connectivity index (χ0n) is 9.47. The summed E-state index contributed by atoms with van der Waals surface area (Å²) in [5, 5.41) is 13.0. The Bertz CT molecular complexity index is 453. The molecule has 0 saturated heterocycles. The van der Waals surface area contributed by atoms with Crippen LogP contribution in [0.4, 0.5) is 0 Å². The first kappa shape index (κ1) is 10.7. The molecule has 1 heterocycles. The third-order valence-corrected chi connectivity index (χ3v) is 2.90. The van der Waals surface area contributed by atoms with E-state index in [1.165, 1.54) is 0 Å². The van der Waals surface area contributed by atoms with Crippen LogP contribution in [0.5, 0.6) is 0 Å². The van der Waals surface area contributed by atoms with Crippen LogP contribution in [0.1, 0.15) is 18.4 Å². The second-order valence-electron chi connectivity index (χ2n) is 4.38. The van der Waals surface area contributed by atoms with Gasteiger partial charge in [-0.2, -0.15) is 10.4 Å². The molecule has 5 nitrogen and oxygen atoms in total. The lowest BCUT2D eigenvalue weighted by Gasteiger charge is -2.18. The fourth-order valence-electron chi connectivity index (χ4n) is 1.76. The molecule has 16 heavy (non-hydrogen) atoms. The molecule has 1 aliphatic carbocycles. The Morgan fingerprint density at radius 3 is 2.88 bits per heavy atom. The van der Waals surface area contributed by atoms with Crippen molar-refractivity contribution in [3.8, 4) is 6.07 Å². The number of aryl methyl sites for hydroxylation is 1. The fourth-order valence-corrected chi connectivity index (χ4v) is 1.76. The van der Waals surface area contributed by atoms with Gasteiger partial charge in [0.1, 0.15) is 5.41 Å². The van der Waals surface area contributed by atoms with Crippen LogP contribution in [-0.2, 0) is 18.4 Å². The van der Waals surface area contributed by atoms with Crippen LogP contribution in [0.3, 0.4) is 0 Å². The minimum Gasteiger partial charge on any atom is -0.340 e. The number of carbonyl (C=O) groups is 1. The Labute approximate surface area is 94.3 Å². The molecule has 0 N–H and O–H groups in total. The number of hydrogen-bond acceptors (Lipinski definition) is 3. The van der Waals surface area contributed by atoms with Crippen molar-refractivity contribution in [1.82, 2.24) is 14.7 Å². The Morgan fingerprint density at radius 2 is 2.44 bits per heavy atom. The van der Waals surface area contributed by atoms with E-state index in [0.29, 0.717) is 19.4 Å². The van der Waals surface area contributed by atoms with Crippen LogP contribution in [0.25, 0.3) is 0 Å². The third-order valence-electron chi connectivity index (χ3n) is 2.90. The van der Waals surface area contributed by atoms with Gasteiger partial charge in [0.25, 0.3) is 0 Å².